The van der Waals surface area contributed by atoms with Gasteiger partial charge in [0.2, 0.25) is 5.91 Å². The van der Waals surface area contributed by atoms with Gasteiger partial charge in [-0.1, -0.05) is 24.6 Å². The lowest BCUT2D eigenvalue weighted by Crippen LogP contribution is -2.30. The minimum atomic E-state index is -0.244. The number of carbonyl (C=O) groups excluding carboxylic acids is 3. The van der Waals surface area contributed by atoms with Gasteiger partial charge in [0.1, 0.15) is 5.75 Å². The van der Waals surface area contributed by atoms with Gasteiger partial charge in [-0.2, -0.15) is 0 Å². The van der Waals surface area contributed by atoms with E-state index in [-0.39, 0.29) is 23.7 Å². The van der Waals surface area contributed by atoms with E-state index in [1.54, 1.807) is 48.5 Å². The molecule has 3 aromatic rings. The summed E-state index contributed by atoms with van der Waals surface area (Å²) in [6.07, 6.45) is 2.38. The highest BCUT2D eigenvalue weighted by Gasteiger charge is 2.34. The molecule has 0 saturated carbocycles. The van der Waals surface area contributed by atoms with Gasteiger partial charge in [-0.3, -0.25) is 19.3 Å². The zero-order valence-electron chi connectivity index (χ0n) is 19.2. The van der Waals surface area contributed by atoms with Gasteiger partial charge < -0.3 is 10.1 Å². The fourth-order valence-corrected chi connectivity index (χ4v) is 3.88. The third-order valence-corrected chi connectivity index (χ3v) is 5.45. The molecule has 4 rings (SSSR count). The van der Waals surface area contributed by atoms with E-state index >= 15 is 0 Å². The molecular weight excluding hydrogens is 432 g/mol. The van der Waals surface area contributed by atoms with Gasteiger partial charge in [-0.15, -0.1) is 0 Å². The first-order valence-electron chi connectivity index (χ1n) is 11.3. The van der Waals surface area contributed by atoms with Crippen molar-refractivity contribution in [2.24, 2.45) is 0 Å². The van der Waals surface area contributed by atoms with Crippen LogP contribution < -0.4 is 10.1 Å². The average Bonchev–Trinajstić information content (AvgIpc) is 3.03. The molecule has 2 heterocycles. The van der Waals surface area contributed by atoms with Crippen molar-refractivity contribution in [3.05, 3.63) is 77.1 Å². The number of aromatic nitrogens is 2. The SMILES string of the molecule is Cc1cc(C)nc(Oc2cccc(NC(=O)CCCCCN3C(=O)c4ccccc4C3=O)c2)n1. The van der Waals surface area contributed by atoms with E-state index in [1.807, 2.05) is 19.9 Å². The molecule has 0 atom stereocenters. The van der Waals surface area contributed by atoms with E-state index in [1.165, 1.54) is 4.90 Å². The third-order valence-electron chi connectivity index (χ3n) is 5.45. The topological polar surface area (TPSA) is 101 Å². The normalized spacial score (nSPS) is 12.6. The standard InChI is InChI=1S/C26H26N4O4/c1-17-15-18(2)28-26(27-17)34-20-10-8-9-19(16-20)29-23(31)13-4-3-7-14-30-24(32)21-11-5-6-12-22(21)25(30)33/h5-6,8-12,15-16H,3-4,7,13-14H2,1-2H3,(H,29,31). The highest BCUT2D eigenvalue weighted by atomic mass is 16.5. The molecular formula is C26H26N4O4. The van der Waals surface area contributed by atoms with Crippen molar-refractivity contribution in [3.8, 4) is 11.8 Å². The smallest absolute Gasteiger partial charge is 0.322 e. The van der Waals surface area contributed by atoms with Gasteiger partial charge in [0.15, 0.2) is 0 Å². The van der Waals surface area contributed by atoms with Gasteiger partial charge in [0.05, 0.1) is 11.1 Å². The molecule has 34 heavy (non-hydrogen) atoms. The number of unbranched alkanes of at least 4 members (excludes halogenated alkanes) is 2. The van der Waals surface area contributed by atoms with E-state index in [9.17, 15) is 14.4 Å². The number of anilines is 1. The van der Waals surface area contributed by atoms with E-state index in [4.69, 9.17) is 4.74 Å². The highest BCUT2D eigenvalue weighted by Crippen LogP contribution is 2.24. The number of ether oxygens (including phenoxy) is 1. The Hall–Kier alpha value is -4.07. The Morgan fingerprint density at radius 3 is 2.24 bits per heavy atom. The molecule has 1 aliphatic heterocycles. The molecule has 0 saturated heterocycles. The number of hydrogen-bond donors (Lipinski definition) is 1. The maximum atomic E-state index is 12.4. The van der Waals surface area contributed by atoms with Crippen molar-refractivity contribution in [2.75, 3.05) is 11.9 Å². The van der Waals surface area contributed by atoms with Crippen molar-refractivity contribution < 1.29 is 19.1 Å². The maximum absolute atomic E-state index is 12.4. The molecule has 1 aromatic heterocycles. The van der Waals surface area contributed by atoms with Crippen LogP contribution in [-0.4, -0.2) is 39.1 Å². The van der Waals surface area contributed by atoms with Crippen molar-refractivity contribution >= 4 is 23.4 Å². The molecule has 0 bridgehead atoms. The lowest BCUT2D eigenvalue weighted by atomic mass is 10.1. The fraction of sp³-hybridized carbons (Fsp3) is 0.269. The van der Waals surface area contributed by atoms with Gasteiger partial charge in [-0.25, -0.2) is 9.97 Å². The van der Waals surface area contributed by atoms with Crippen LogP contribution in [-0.2, 0) is 4.79 Å². The minimum absolute atomic E-state index is 0.111. The van der Waals surface area contributed by atoms with Crippen molar-refractivity contribution in [1.29, 1.82) is 0 Å². The second-order valence-electron chi connectivity index (χ2n) is 8.23. The quantitative estimate of drug-likeness (QED) is 0.369. The Bertz CT molecular complexity index is 1190. The van der Waals surface area contributed by atoms with Crippen LogP contribution >= 0.6 is 0 Å². The molecule has 0 unspecified atom stereocenters. The zero-order chi connectivity index (χ0) is 24.1. The minimum Gasteiger partial charge on any atom is -0.424 e. The molecule has 2 aromatic carbocycles. The third kappa shape index (κ3) is 5.46. The lowest BCUT2D eigenvalue weighted by Gasteiger charge is -2.13. The maximum Gasteiger partial charge on any atom is 0.322 e. The number of nitrogens with zero attached hydrogens (tertiary/aromatic N) is 3. The molecule has 1 aliphatic rings. The molecule has 174 valence electrons. The number of fused-ring (bicyclic) bond motifs is 1. The van der Waals surface area contributed by atoms with Crippen LogP contribution in [0.25, 0.3) is 0 Å². The predicted molar refractivity (Wildman–Crippen MR) is 127 cm³/mol. The van der Waals surface area contributed by atoms with Crippen LogP contribution in [0.1, 0.15) is 57.8 Å². The molecule has 0 fully saturated rings. The largest absolute Gasteiger partial charge is 0.424 e. The summed E-state index contributed by atoms with van der Waals surface area (Å²) in [4.78, 5) is 46.9. The van der Waals surface area contributed by atoms with Crippen LogP contribution in [0.15, 0.2) is 54.6 Å². The van der Waals surface area contributed by atoms with E-state index in [0.717, 1.165) is 17.8 Å². The summed E-state index contributed by atoms with van der Waals surface area (Å²) in [5.74, 6) is -0.0670. The van der Waals surface area contributed by atoms with Crippen LogP contribution in [0.2, 0.25) is 0 Å². The second-order valence-corrected chi connectivity index (χ2v) is 8.23. The van der Waals surface area contributed by atoms with Crippen molar-refractivity contribution in [3.63, 3.8) is 0 Å². The van der Waals surface area contributed by atoms with Gasteiger partial charge in [-0.05, 0) is 57.0 Å². The Balaban J connectivity index is 1.21. The summed E-state index contributed by atoms with van der Waals surface area (Å²) in [7, 11) is 0. The predicted octanol–water partition coefficient (Wildman–Crippen LogP) is 4.68. The Morgan fingerprint density at radius 2 is 1.56 bits per heavy atom. The second kappa shape index (κ2) is 10.2. The van der Waals surface area contributed by atoms with Crippen LogP contribution in [0, 0.1) is 13.8 Å². The first-order chi connectivity index (χ1) is 16.4. The number of nitrogens with one attached hydrogen (secondary N) is 1. The summed E-state index contributed by atoms with van der Waals surface area (Å²) in [6, 6.07) is 16.1. The first-order valence-corrected chi connectivity index (χ1v) is 11.3. The summed E-state index contributed by atoms with van der Waals surface area (Å²) < 4.78 is 5.73. The molecule has 1 N–H and O–H groups in total. The molecule has 8 nitrogen and oxygen atoms in total. The number of carbonyl (C=O) groups is 3. The average molecular weight is 459 g/mol. The first kappa shape index (κ1) is 23.1. The number of hydrogen-bond acceptors (Lipinski definition) is 6. The molecule has 3 amide bonds. The summed E-state index contributed by atoms with van der Waals surface area (Å²) in [5.41, 5.74) is 3.17. The van der Waals surface area contributed by atoms with Crippen molar-refractivity contribution in [1.82, 2.24) is 14.9 Å². The molecule has 0 radical (unpaired) electrons. The highest BCUT2D eigenvalue weighted by molar-refractivity contribution is 6.21. The van der Waals surface area contributed by atoms with Gasteiger partial charge in [0.25, 0.3) is 11.8 Å². The van der Waals surface area contributed by atoms with E-state index in [0.29, 0.717) is 48.4 Å². The molecule has 0 aliphatic carbocycles. The number of benzene rings is 2. The summed E-state index contributed by atoms with van der Waals surface area (Å²) >= 11 is 0. The number of amides is 3. The Kier molecular flexibility index (Phi) is 6.96. The lowest BCUT2D eigenvalue weighted by molar-refractivity contribution is -0.116. The Labute approximate surface area is 198 Å². The molecule has 0 spiro atoms. The number of aryl methyl sites for hydroxylation is 2. The fourth-order valence-electron chi connectivity index (χ4n) is 3.88. The van der Waals surface area contributed by atoms with Crippen LogP contribution in [0.4, 0.5) is 5.69 Å². The monoisotopic (exact) mass is 458 g/mol. The van der Waals surface area contributed by atoms with E-state index < -0.39 is 0 Å². The van der Waals surface area contributed by atoms with Gasteiger partial charge in [0, 0.05) is 36.1 Å². The number of imide groups is 1. The van der Waals surface area contributed by atoms with Gasteiger partial charge >= 0.3 is 6.01 Å². The number of rotatable bonds is 9. The zero-order valence-corrected chi connectivity index (χ0v) is 19.2. The summed E-state index contributed by atoms with van der Waals surface area (Å²) in [5, 5.41) is 2.87. The summed E-state index contributed by atoms with van der Waals surface area (Å²) in [6.45, 7) is 4.10. The van der Waals surface area contributed by atoms with Crippen LogP contribution in [0.5, 0.6) is 11.8 Å². The Morgan fingerprint density at radius 1 is 0.882 bits per heavy atom. The molecule has 8 heteroatoms. The van der Waals surface area contributed by atoms with Crippen molar-refractivity contribution in [2.45, 2.75) is 39.5 Å². The van der Waals surface area contributed by atoms with Crippen LogP contribution in [0.3, 0.4) is 0 Å². The van der Waals surface area contributed by atoms with E-state index in [2.05, 4.69) is 15.3 Å².